The molecule has 818 valence electrons. The summed E-state index contributed by atoms with van der Waals surface area (Å²) in [6.45, 7) is 42.2. The van der Waals surface area contributed by atoms with Gasteiger partial charge >= 0.3 is 42.4 Å². The van der Waals surface area contributed by atoms with Crippen molar-refractivity contribution in [3.63, 3.8) is 0 Å². The summed E-state index contributed by atoms with van der Waals surface area (Å²) in [5.41, 5.74) is -0.184. The van der Waals surface area contributed by atoms with Crippen LogP contribution < -0.4 is 16.6 Å². The molecule has 0 bridgehead atoms. The highest BCUT2D eigenvalue weighted by atomic mass is 79.9. The Kier molecular flexibility index (Phi) is 40.9. The maximum atomic E-state index is 14.0. The van der Waals surface area contributed by atoms with Gasteiger partial charge in [0.2, 0.25) is 30.5 Å². The number of carboxylic acid groups (broad SMARTS) is 1. The van der Waals surface area contributed by atoms with Gasteiger partial charge in [-0.1, -0.05) is 103 Å². The van der Waals surface area contributed by atoms with Gasteiger partial charge in [-0.25, -0.2) is 65.7 Å². The van der Waals surface area contributed by atoms with E-state index in [4.69, 9.17) is 67.2 Å². The van der Waals surface area contributed by atoms with E-state index in [1.807, 2.05) is 41.8 Å². The van der Waals surface area contributed by atoms with Crippen LogP contribution in [0.4, 0.5) is 50.3 Å². The molecule has 8 aromatic rings. The lowest BCUT2D eigenvalue weighted by Crippen LogP contribution is -2.50. The van der Waals surface area contributed by atoms with Crippen molar-refractivity contribution in [2.24, 2.45) is 11.8 Å². The number of benzene rings is 6. The number of nitrogens with one attached hydrogen (secondary N) is 2. The van der Waals surface area contributed by atoms with E-state index in [2.05, 4.69) is 46.4 Å². The molecule has 5 aliphatic heterocycles. The third kappa shape index (κ3) is 32.3. The highest BCUT2D eigenvalue weighted by molar-refractivity contribution is 9.10. The van der Waals surface area contributed by atoms with Crippen LogP contribution in [0.3, 0.4) is 0 Å². The summed E-state index contributed by atoms with van der Waals surface area (Å²) in [5, 5.41) is 36.6. The molecule has 7 heterocycles. The number of aliphatic hydroxyl groups is 1. The molecule has 36 nitrogen and oxygen atoms in total. The second kappa shape index (κ2) is 50.0. The number of alkyl halides is 6. The second-order valence-corrected chi connectivity index (χ2v) is 44.0. The predicted octanol–water partition coefficient (Wildman–Crippen LogP) is 21.1. The Bertz CT molecular complexity index is 5630. The van der Waals surface area contributed by atoms with Crippen LogP contribution in [0.2, 0.25) is 0 Å². The number of rotatable bonds is 20. The van der Waals surface area contributed by atoms with Gasteiger partial charge in [-0.05, 0) is 279 Å². The number of hydrogen-bond donors (Lipinski definition) is 5. The molecule has 0 saturated carbocycles. The molecule has 0 unspecified atom stereocenters. The number of esters is 1. The molecule has 6 aromatic carbocycles. The normalized spacial score (nSPS) is 21.3. The minimum Gasteiger partial charge on any atom is -0.478 e. The fourth-order valence-corrected chi connectivity index (χ4v) is 17.0. The molecule has 12 atom stereocenters. The van der Waals surface area contributed by atoms with E-state index < -0.39 is 218 Å². The molecule has 0 aliphatic carbocycles. The van der Waals surface area contributed by atoms with Crippen LogP contribution >= 0.6 is 15.9 Å². The van der Waals surface area contributed by atoms with Crippen LogP contribution in [-0.4, -0.2) is 249 Å². The predicted molar refractivity (Wildman–Crippen MR) is 539 cm³/mol. The molecular formula is C106H141BrF6N12O24. The van der Waals surface area contributed by atoms with Gasteiger partial charge in [-0.15, -0.1) is 20.4 Å². The van der Waals surface area contributed by atoms with Crippen molar-refractivity contribution < 1.29 is 141 Å². The van der Waals surface area contributed by atoms with E-state index in [0.717, 1.165) is 21.2 Å². The van der Waals surface area contributed by atoms with Gasteiger partial charge < -0.3 is 76.5 Å². The van der Waals surface area contributed by atoms with Crippen molar-refractivity contribution in [1.29, 1.82) is 0 Å². The lowest BCUT2D eigenvalue weighted by Gasteiger charge is -2.34. The molecule has 149 heavy (non-hydrogen) atoms. The van der Waals surface area contributed by atoms with Crippen LogP contribution in [0, 0.1) is 5.92 Å². The summed E-state index contributed by atoms with van der Waals surface area (Å²) in [5.74, 6) is 3.36. The average molecular weight is 2160 g/mol. The maximum absolute atomic E-state index is 14.0. The van der Waals surface area contributed by atoms with E-state index >= 15 is 0 Å². The molecule has 5 saturated heterocycles. The van der Waals surface area contributed by atoms with Gasteiger partial charge in [0.1, 0.15) is 133 Å². The Morgan fingerprint density at radius 3 is 0.872 bits per heavy atom. The van der Waals surface area contributed by atoms with E-state index in [-0.39, 0.29) is 17.4 Å². The second-order valence-electron chi connectivity index (χ2n) is 43.1. The molecule has 0 radical (unpaired) electrons. The molecular weight excluding hydrogens is 2020 g/mol. The lowest BCUT2D eigenvalue weighted by molar-refractivity contribution is -0.125. The van der Waals surface area contributed by atoms with Crippen molar-refractivity contribution in [2.45, 2.75) is 316 Å². The van der Waals surface area contributed by atoms with E-state index in [1.54, 1.807) is 284 Å². The molecule has 5 aliphatic rings. The van der Waals surface area contributed by atoms with E-state index in [1.165, 1.54) is 56.5 Å². The first-order chi connectivity index (χ1) is 69.1. The van der Waals surface area contributed by atoms with Gasteiger partial charge in [0.05, 0.1) is 54.5 Å². The zero-order valence-corrected chi connectivity index (χ0v) is 91.0. The first kappa shape index (κ1) is 122. The van der Waals surface area contributed by atoms with Gasteiger partial charge in [0.25, 0.3) is 5.91 Å². The topological polar surface area (TPSA) is 440 Å². The van der Waals surface area contributed by atoms with Crippen molar-refractivity contribution in [3.05, 3.63) is 213 Å². The van der Waals surface area contributed by atoms with Crippen LogP contribution in [-0.2, 0) is 56.9 Å². The Morgan fingerprint density at radius 1 is 0.403 bits per heavy atom. The molecule has 7 amide bonds. The first-order valence-corrected chi connectivity index (χ1v) is 48.9. The average Bonchev–Trinajstić information content (AvgIpc) is 1.63. The monoisotopic (exact) mass is 2160 g/mol. The summed E-state index contributed by atoms with van der Waals surface area (Å²) < 4.78 is 155. The largest absolute Gasteiger partial charge is 0.478 e. The van der Waals surface area contributed by atoms with E-state index in [0.29, 0.717) is 50.7 Å². The Labute approximate surface area is 873 Å². The number of amides is 7. The number of nitrogen functional groups attached to an aromatic ring is 1. The Hall–Kier alpha value is -12.4. The third-order valence-electron chi connectivity index (χ3n) is 23.2. The summed E-state index contributed by atoms with van der Waals surface area (Å²) >= 11 is 3.38. The number of aliphatic hydroxyl groups excluding tert-OH is 1. The number of nitrogens with two attached hydrogens (primary N) is 1. The number of carbonyl (C=O) groups excluding carboxylic acids is 8. The number of ether oxygens (including phenoxy) is 11. The lowest BCUT2D eigenvalue weighted by atomic mass is 10.0. The zero-order chi connectivity index (χ0) is 112. The van der Waals surface area contributed by atoms with Crippen LogP contribution in [0.15, 0.2) is 172 Å². The summed E-state index contributed by atoms with van der Waals surface area (Å²) in [7, 11) is 1.30. The number of carboxylic acids is 1. The minimum atomic E-state index is -1.13. The molecule has 6 N–H and O–H groups in total. The molecule has 5 fully saturated rings. The van der Waals surface area contributed by atoms with Gasteiger partial charge in [0.15, 0.2) is 0 Å². The first-order valence-electron chi connectivity index (χ1n) is 48.1. The number of halogens is 7. The smallest absolute Gasteiger partial charge is 0.413 e. The Morgan fingerprint density at radius 2 is 0.651 bits per heavy atom. The number of carbonyl (C=O) groups is 9. The fourth-order valence-electron chi connectivity index (χ4n) is 16.8. The van der Waals surface area contributed by atoms with Gasteiger partial charge in [-0.2, -0.15) is 0 Å². The Balaban J connectivity index is 0.000000218. The van der Waals surface area contributed by atoms with E-state index in [9.17, 15) is 74.6 Å². The van der Waals surface area contributed by atoms with Crippen molar-refractivity contribution in [2.75, 3.05) is 47.2 Å². The number of aromatic nitrogens is 4. The standard InChI is InChI=1S/C19H24FN3O4.C19H26FNO5.C18H26FN3O4.C18H24FNO5.C17H23BrFNO3.C15H18FN3O3/c1-18(2,3)27-17(24)23-14(10-20)15(26-19(23,4)5)12-6-8-13(9-7-12)16-22-21-11-25-16;1-18(2,3)26-17(23)21-14(11-20)15(25-19(21,4)5)12-7-9-13(10-8-12)16(22)24-6;1-17(2,3)26-16(24)22-13(10-19)14(25-18(22,4)5)11-6-8-12(9-7-11)15(23)21-20;1-17(2,3)25-16(23)20-13(10-19)14(24-18(20,4)5)11-6-8-12(9-7-11)15(21)22;1-16(2,3)23-15(21)20-13(10-19)14(22-17(20,4)5)11-6-8-12(18)9-7-11;1-9(2)14(21)18-12(7-16)13(20)10-3-5-11(6-4-10)15-19-17-8-22-15/h6-9,11,14-15H,10H2,1-5H3;7-10,14-15H,11H2,1-6H3;6-9,13-14H,10,20H2,1-5H3,(H,21,23);6-9,13-14H,10H2,1-5H3,(H,21,22);6-9,13-14H,10H2,1-5H3;3-6,8-9,12-13,20H,7H2,1-2H3,(H,18,21)/t2*14-,15-;3*13-,14-;12-,13-/m111111/s1. The van der Waals surface area contributed by atoms with Gasteiger partial charge in [0, 0.05) is 27.1 Å². The number of hydrazine groups is 1. The highest BCUT2D eigenvalue weighted by Gasteiger charge is 2.58. The fraction of sp³-hybridized carbons (Fsp3) is 0.538. The van der Waals surface area contributed by atoms with Crippen LogP contribution in [0.1, 0.15) is 288 Å². The minimum absolute atomic E-state index is 0.127. The molecule has 13 rings (SSSR count). The molecule has 0 spiro atoms. The zero-order valence-electron chi connectivity index (χ0n) is 89.4. The van der Waals surface area contributed by atoms with Crippen LogP contribution in [0.5, 0.6) is 0 Å². The molecule has 2 aromatic heterocycles. The summed E-state index contributed by atoms with van der Waals surface area (Å²) in [4.78, 5) is 115. The number of methoxy groups -OCH3 is 1. The molecule has 43 heteroatoms. The quantitative estimate of drug-likeness (QED) is 0.0118. The maximum Gasteiger partial charge on any atom is 0.413 e. The van der Waals surface area contributed by atoms with Crippen molar-refractivity contribution >= 4 is 70.1 Å². The number of aromatic carboxylic acids is 1. The number of nitrogens with zero attached hydrogens (tertiary/aromatic N) is 9. The van der Waals surface area contributed by atoms with Gasteiger partial charge in [-0.3, -0.25) is 39.5 Å². The summed E-state index contributed by atoms with van der Waals surface area (Å²) in [6, 6.07) is 35.3. The summed E-state index contributed by atoms with van der Waals surface area (Å²) in [6.07, 6.45) is -4.95. The van der Waals surface area contributed by atoms with Crippen molar-refractivity contribution in [3.8, 4) is 22.9 Å². The number of hydrogen-bond acceptors (Lipinski definition) is 28. The van der Waals surface area contributed by atoms with Crippen molar-refractivity contribution in [1.82, 2.24) is 55.6 Å². The third-order valence-corrected chi connectivity index (χ3v) is 23.7. The SMILES string of the molecule is CC(C)(C)OC(=O)N1[C@H](CF)[C@@H](c2ccc(-c3nnco3)cc2)OC1(C)C.CC(C)(C)OC(=O)N1[C@H](CF)[C@@H](c2ccc(Br)cc2)OC1(C)C.CC(C)(C)OC(=O)N1[C@H](CF)[C@@H](c2ccc(C(=O)NN)cc2)OC1(C)C.CC(C)(C)OC(=O)N1[C@H](CF)[C@@H](c2ccc(C(=O)O)cc2)OC1(C)C.CC(C)C(=O)N[C@H](CF)[C@H](O)c1ccc(-c2nnco2)cc1.COC(=O)c1ccc([C@H]2OC(C)(C)N(C(=O)OC(C)(C)C)[C@@H]2CF)cc1. The highest BCUT2D eigenvalue weighted by Crippen LogP contribution is 2.49. The van der Waals surface area contributed by atoms with Crippen LogP contribution in [0.25, 0.3) is 22.9 Å².